The van der Waals surface area contributed by atoms with Gasteiger partial charge in [0.05, 0.1) is 7.11 Å². The molecule has 1 heterocycles. The molecule has 0 radical (unpaired) electrons. The summed E-state index contributed by atoms with van der Waals surface area (Å²) in [5.41, 5.74) is 4.25. The molecule has 206 valence electrons. The molecule has 0 bridgehead atoms. The summed E-state index contributed by atoms with van der Waals surface area (Å²) in [4.78, 5) is 18.4. The summed E-state index contributed by atoms with van der Waals surface area (Å²) in [5, 5.41) is 10.0. The first-order valence-electron chi connectivity index (χ1n) is 14.1. The predicted octanol–water partition coefficient (Wildman–Crippen LogP) is 6.54. The minimum Gasteiger partial charge on any atom is -0.504 e. The first kappa shape index (κ1) is 27.2. The lowest BCUT2D eigenvalue weighted by Crippen LogP contribution is -2.45. The normalized spacial score (nSPS) is 20.2. The Balaban J connectivity index is 1.43. The number of rotatable bonds is 8. The molecule has 39 heavy (non-hydrogen) atoms. The second kappa shape index (κ2) is 12.2. The fraction of sp³-hybridized carbons (Fsp3) is 0.424. The minimum atomic E-state index is -0.326. The molecule has 5 rings (SSSR count). The largest absolute Gasteiger partial charge is 0.504 e. The van der Waals surface area contributed by atoms with Crippen molar-refractivity contribution in [1.82, 2.24) is 9.80 Å². The SMILES string of the molecule is COc1cc(CN2C[C@@H](CN(C(=O)c3ccc(F)cc3)C3CCCCC3)[C@H](c3ccccc3C)C2)ccc1O. The number of amides is 1. The Morgan fingerprint density at radius 2 is 1.77 bits per heavy atom. The highest BCUT2D eigenvalue weighted by Crippen LogP contribution is 2.38. The Labute approximate surface area is 231 Å². The molecule has 0 spiro atoms. The number of methoxy groups -OCH3 is 1. The van der Waals surface area contributed by atoms with E-state index >= 15 is 0 Å². The highest BCUT2D eigenvalue weighted by atomic mass is 19.1. The maximum Gasteiger partial charge on any atom is 0.254 e. The third-order valence-electron chi connectivity index (χ3n) is 8.55. The van der Waals surface area contributed by atoms with E-state index < -0.39 is 0 Å². The number of carbonyl (C=O) groups excluding carboxylic acids is 1. The molecule has 3 aromatic carbocycles. The van der Waals surface area contributed by atoms with Gasteiger partial charge in [-0.25, -0.2) is 4.39 Å². The number of phenols is 1. The van der Waals surface area contributed by atoms with Crippen LogP contribution in [-0.4, -0.2) is 53.6 Å². The summed E-state index contributed by atoms with van der Waals surface area (Å²) in [7, 11) is 1.57. The Bertz CT molecular complexity index is 1270. The molecule has 1 saturated carbocycles. The highest BCUT2D eigenvalue weighted by Gasteiger charge is 2.38. The van der Waals surface area contributed by atoms with Crippen molar-refractivity contribution in [3.63, 3.8) is 0 Å². The molecule has 1 saturated heterocycles. The number of aryl methyl sites for hydroxylation is 1. The van der Waals surface area contributed by atoms with Gasteiger partial charge in [-0.3, -0.25) is 9.69 Å². The monoisotopic (exact) mass is 530 g/mol. The van der Waals surface area contributed by atoms with Crippen LogP contribution >= 0.6 is 0 Å². The second-order valence-corrected chi connectivity index (χ2v) is 11.2. The van der Waals surface area contributed by atoms with E-state index in [0.717, 1.165) is 50.9 Å². The van der Waals surface area contributed by atoms with E-state index in [0.29, 0.717) is 17.9 Å². The first-order valence-corrected chi connectivity index (χ1v) is 14.1. The molecular weight excluding hydrogens is 491 g/mol. The van der Waals surface area contributed by atoms with Gasteiger partial charge in [0.1, 0.15) is 5.82 Å². The van der Waals surface area contributed by atoms with Crippen LogP contribution in [0.2, 0.25) is 0 Å². The maximum absolute atomic E-state index is 13.9. The minimum absolute atomic E-state index is 0.00662. The number of hydrogen-bond donors (Lipinski definition) is 1. The van der Waals surface area contributed by atoms with Crippen LogP contribution in [0.4, 0.5) is 4.39 Å². The maximum atomic E-state index is 13.9. The smallest absolute Gasteiger partial charge is 0.254 e. The van der Waals surface area contributed by atoms with Crippen molar-refractivity contribution >= 4 is 5.91 Å². The molecule has 6 heteroatoms. The molecule has 1 amide bonds. The van der Waals surface area contributed by atoms with Gasteiger partial charge in [-0.15, -0.1) is 0 Å². The van der Waals surface area contributed by atoms with Gasteiger partial charge in [-0.1, -0.05) is 49.6 Å². The van der Waals surface area contributed by atoms with Gasteiger partial charge in [-0.05, 0) is 78.8 Å². The third-order valence-corrected chi connectivity index (χ3v) is 8.55. The Morgan fingerprint density at radius 3 is 2.49 bits per heavy atom. The van der Waals surface area contributed by atoms with Crippen LogP contribution in [0.15, 0.2) is 66.7 Å². The topological polar surface area (TPSA) is 53.0 Å². The van der Waals surface area contributed by atoms with Gasteiger partial charge in [0, 0.05) is 43.7 Å². The van der Waals surface area contributed by atoms with Crippen molar-refractivity contribution in [1.29, 1.82) is 0 Å². The average Bonchev–Trinajstić information content (AvgIpc) is 3.35. The zero-order chi connectivity index (χ0) is 27.4. The number of likely N-dealkylation sites (tertiary alicyclic amines) is 1. The Hall–Kier alpha value is -3.38. The van der Waals surface area contributed by atoms with Gasteiger partial charge in [0.2, 0.25) is 0 Å². The molecule has 0 unspecified atom stereocenters. The van der Waals surface area contributed by atoms with Crippen LogP contribution in [0.3, 0.4) is 0 Å². The molecule has 2 atom stereocenters. The number of phenolic OH excluding ortho intramolecular Hbond substituents is 1. The number of nitrogens with zero attached hydrogens (tertiary/aromatic N) is 2. The molecule has 1 N–H and O–H groups in total. The average molecular weight is 531 g/mol. The Kier molecular flexibility index (Phi) is 8.51. The summed E-state index contributed by atoms with van der Waals surface area (Å²) >= 11 is 0. The van der Waals surface area contributed by atoms with E-state index in [9.17, 15) is 14.3 Å². The van der Waals surface area contributed by atoms with E-state index in [4.69, 9.17) is 4.74 Å². The van der Waals surface area contributed by atoms with E-state index in [-0.39, 0.29) is 35.4 Å². The zero-order valence-electron chi connectivity index (χ0n) is 23.0. The molecule has 1 aliphatic heterocycles. The molecule has 2 fully saturated rings. The summed E-state index contributed by atoms with van der Waals surface area (Å²) in [6, 6.07) is 20.3. The lowest BCUT2D eigenvalue weighted by atomic mass is 9.85. The molecule has 1 aliphatic carbocycles. The fourth-order valence-electron chi connectivity index (χ4n) is 6.51. The number of ether oxygens (including phenoxy) is 1. The summed E-state index contributed by atoms with van der Waals surface area (Å²) in [6.45, 7) is 5.34. The van der Waals surface area contributed by atoms with Crippen molar-refractivity contribution < 1.29 is 19.0 Å². The number of halogens is 1. The Morgan fingerprint density at radius 1 is 1.03 bits per heavy atom. The molecule has 3 aromatic rings. The van der Waals surface area contributed by atoms with Crippen molar-refractivity contribution in [2.45, 2.75) is 57.5 Å². The predicted molar refractivity (Wildman–Crippen MR) is 152 cm³/mol. The summed E-state index contributed by atoms with van der Waals surface area (Å²) in [5.74, 6) is 0.849. The molecule has 0 aromatic heterocycles. The number of carbonyl (C=O) groups is 1. The van der Waals surface area contributed by atoms with Gasteiger partial charge in [-0.2, -0.15) is 0 Å². The summed E-state index contributed by atoms with van der Waals surface area (Å²) in [6.07, 6.45) is 5.53. The van der Waals surface area contributed by atoms with Crippen molar-refractivity contribution in [3.8, 4) is 11.5 Å². The number of hydrogen-bond acceptors (Lipinski definition) is 4. The second-order valence-electron chi connectivity index (χ2n) is 11.2. The highest BCUT2D eigenvalue weighted by molar-refractivity contribution is 5.94. The van der Waals surface area contributed by atoms with Crippen LogP contribution in [-0.2, 0) is 6.54 Å². The van der Waals surface area contributed by atoms with E-state index in [2.05, 4.69) is 41.0 Å². The number of aromatic hydroxyl groups is 1. The van der Waals surface area contributed by atoms with Crippen LogP contribution in [0.1, 0.15) is 65.1 Å². The van der Waals surface area contributed by atoms with E-state index in [1.165, 1.54) is 29.7 Å². The van der Waals surface area contributed by atoms with Gasteiger partial charge in [0.15, 0.2) is 11.5 Å². The fourth-order valence-corrected chi connectivity index (χ4v) is 6.51. The van der Waals surface area contributed by atoms with E-state index in [1.807, 2.05) is 12.1 Å². The lowest BCUT2D eigenvalue weighted by molar-refractivity contribution is 0.0588. The van der Waals surface area contributed by atoms with Gasteiger partial charge >= 0.3 is 0 Å². The van der Waals surface area contributed by atoms with Crippen LogP contribution in [0.5, 0.6) is 11.5 Å². The van der Waals surface area contributed by atoms with Crippen molar-refractivity contribution in [3.05, 3.63) is 94.8 Å². The lowest BCUT2D eigenvalue weighted by Gasteiger charge is -2.37. The van der Waals surface area contributed by atoms with Crippen LogP contribution in [0.25, 0.3) is 0 Å². The standard InChI is InChI=1S/C33H39FN2O3/c1-23-8-6-7-11-29(23)30-22-35(19-24-12-17-31(37)32(18-24)39-2)20-26(30)21-36(28-9-4-3-5-10-28)33(38)25-13-15-27(34)16-14-25/h6-8,11-18,26,28,30,37H,3-5,9-10,19-22H2,1-2H3/t26-,30+/m0/s1. The first-order chi connectivity index (χ1) is 18.9. The molecule has 5 nitrogen and oxygen atoms in total. The van der Waals surface area contributed by atoms with E-state index in [1.54, 1.807) is 25.3 Å². The molecule has 2 aliphatic rings. The van der Waals surface area contributed by atoms with Crippen LogP contribution in [0, 0.1) is 18.7 Å². The third kappa shape index (κ3) is 6.27. The summed E-state index contributed by atoms with van der Waals surface area (Å²) < 4.78 is 19.0. The van der Waals surface area contributed by atoms with Gasteiger partial charge in [0.25, 0.3) is 5.91 Å². The quantitative estimate of drug-likeness (QED) is 0.359. The van der Waals surface area contributed by atoms with Crippen molar-refractivity contribution in [2.24, 2.45) is 5.92 Å². The number of benzene rings is 3. The van der Waals surface area contributed by atoms with Crippen molar-refractivity contribution in [2.75, 3.05) is 26.7 Å². The van der Waals surface area contributed by atoms with Gasteiger partial charge < -0.3 is 14.7 Å². The zero-order valence-corrected chi connectivity index (χ0v) is 23.0. The molecular formula is C33H39FN2O3. The van der Waals surface area contributed by atoms with Crippen LogP contribution < -0.4 is 4.74 Å².